The number of phenolic OH excluding ortho intramolecular Hbond substituents is 1. The normalized spacial score (nSPS) is 10.2. The fraction of sp³-hybridized carbons (Fsp3) is 0.263. The summed E-state index contributed by atoms with van der Waals surface area (Å²) in [5, 5.41) is 9.23. The summed E-state index contributed by atoms with van der Waals surface area (Å²) in [6.45, 7) is 2.36. The first kappa shape index (κ1) is 17.5. The van der Waals surface area contributed by atoms with Gasteiger partial charge in [0.15, 0.2) is 0 Å². The van der Waals surface area contributed by atoms with Crippen LogP contribution in [0, 0.1) is 0 Å². The van der Waals surface area contributed by atoms with E-state index in [2.05, 4.69) is 0 Å². The molecule has 0 aliphatic heterocycles. The van der Waals surface area contributed by atoms with E-state index in [1.165, 1.54) is 24.3 Å². The van der Waals surface area contributed by atoms with Crippen molar-refractivity contribution in [1.29, 1.82) is 0 Å². The van der Waals surface area contributed by atoms with Gasteiger partial charge in [-0.05, 0) is 36.8 Å². The van der Waals surface area contributed by atoms with E-state index in [1.807, 2.05) is 6.92 Å². The maximum Gasteiger partial charge on any atom is 0.338 e. The average molecular weight is 328 g/mol. The second-order valence-corrected chi connectivity index (χ2v) is 5.27. The molecule has 0 amide bonds. The van der Waals surface area contributed by atoms with Crippen molar-refractivity contribution < 1.29 is 24.2 Å². The average Bonchev–Trinajstić information content (AvgIpc) is 2.60. The molecule has 0 heterocycles. The molecule has 5 heteroatoms. The minimum Gasteiger partial charge on any atom is -0.508 e. The standard InChI is InChI=1S/C19H20O5/c1-2-3-12-23-19(22)17-7-5-4-6-15(17)13-24-18(21)14-8-10-16(20)11-9-14/h4-11,20H,2-3,12-13H2,1H3. The van der Waals surface area contributed by atoms with Crippen molar-refractivity contribution in [1.82, 2.24) is 0 Å². The zero-order valence-electron chi connectivity index (χ0n) is 13.5. The molecule has 0 saturated carbocycles. The highest BCUT2D eigenvalue weighted by molar-refractivity contribution is 5.92. The number of benzene rings is 2. The highest BCUT2D eigenvalue weighted by Crippen LogP contribution is 2.15. The molecule has 2 rings (SSSR count). The summed E-state index contributed by atoms with van der Waals surface area (Å²) in [5.74, 6) is -0.865. The molecule has 1 N–H and O–H groups in total. The lowest BCUT2D eigenvalue weighted by atomic mass is 10.1. The third kappa shape index (κ3) is 4.84. The van der Waals surface area contributed by atoms with Crippen LogP contribution in [0.3, 0.4) is 0 Å². The fourth-order valence-corrected chi connectivity index (χ4v) is 2.06. The van der Waals surface area contributed by atoms with Gasteiger partial charge in [-0.2, -0.15) is 0 Å². The molecule has 0 aliphatic rings. The summed E-state index contributed by atoms with van der Waals surface area (Å²) in [7, 11) is 0. The molecular formula is C19H20O5. The Hall–Kier alpha value is -2.82. The van der Waals surface area contributed by atoms with Crippen molar-refractivity contribution >= 4 is 11.9 Å². The fourth-order valence-electron chi connectivity index (χ4n) is 2.06. The van der Waals surface area contributed by atoms with Gasteiger partial charge in [0.05, 0.1) is 17.7 Å². The molecule has 0 atom stereocenters. The van der Waals surface area contributed by atoms with Crippen molar-refractivity contribution in [3.63, 3.8) is 0 Å². The Bertz CT molecular complexity index is 691. The molecule has 0 spiro atoms. The van der Waals surface area contributed by atoms with Crippen LogP contribution in [0.25, 0.3) is 0 Å². The Labute approximate surface area is 140 Å². The SMILES string of the molecule is CCCCOC(=O)c1ccccc1COC(=O)c1ccc(O)cc1. The number of hydrogen-bond donors (Lipinski definition) is 1. The number of carbonyl (C=O) groups excluding carboxylic acids is 2. The van der Waals surface area contributed by atoms with Crippen molar-refractivity contribution in [2.75, 3.05) is 6.61 Å². The molecule has 0 aliphatic carbocycles. The van der Waals surface area contributed by atoms with E-state index in [1.54, 1.807) is 24.3 Å². The highest BCUT2D eigenvalue weighted by atomic mass is 16.5. The quantitative estimate of drug-likeness (QED) is 0.619. The first-order chi connectivity index (χ1) is 11.6. The summed E-state index contributed by atoms with van der Waals surface area (Å²) in [6.07, 6.45) is 1.75. The van der Waals surface area contributed by atoms with Crippen molar-refractivity contribution in [3.05, 3.63) is 65.2 Å². The zero-order valence-corrected chi connectivity index (χ0v) is 13.5. The van der Waals surface area contributed by atoms with Gasteiger partial charge in [0.25, 0.3) is 0 Å². The predicted octanol–water partition coefficient (Wildman–Crippen LogP) is 3.71. The first-order valence-corrected chi connectivity index (χ1v) is 7.83. The van der Waals surface area contributed by atoms with Crippen molar-refractivity contribution in [2.24, 2.45) is 0 Å². The molecule has 0 unspecified atom stereocenters. The minimum atomic E-state index is -0.524. The topological polar surface area (TPSA) is 72.8 Å². The van der Waals surface area contributed by atoms with Gasteiger partial charge < -0.3 is 14.6 Å². The Balaban J connectivity index is 2.00. The van der Waals surface area contributed by atoms with Gasteiger partial charge in [0, 0.05) is 5.56 Å². The van der Waals surface area contributed by atoms with Crippen LogP contribution in [0.5, 0.6) is 5.75 Å². The van der Waals surface area contributed by atoms with Crippen LogP contribution in [0.2, 0.25) is 0 Å². The number of ether oxygens (including phenoxy) is 2. The Kier molecular flexibility index (Phi) is 6.37. The van der Waals surface area contributed by atoms with Gasteiger partial charge in [-0.15, -0.1) is 0 Å². The summed E-state index contributed by atoms with van der Waals surface area (Å²) >= 11 is 0. The van der Waals surface area contributed by atoms with E-state index >= 15 is 0 Å². The van der Waals surface area contributed by atoms with Gasteiger partial charge in [0.1, 0.15) is 12.4 Å². The molecule has 5 nitrogen and oxygen atoms in total. The van der Waals surface area contributed by atoms with Gasteiger partial charge in [-0.3, -0.25) is 0 Å². The molecular weight excluding hydrogens is 308 g/mol. The summed E-state index contributed by atoms with van der Waals surface area (Å²) in [5.41, 5.74) is 1.31. The van der Waals surface area contributed by atoms with Crippen LogP contribution in [0.1, 0.15) is 46.0 Å². The minimum absolute atomic E-state index is 0.0290. The predicted molar refractivity (Wildman–Crippen MR) is 88.9 cm³/mol. The van der Waals surface area contributed by atoms with E-state index in [0.29, 0.717) is 23.3 Å². The van der Waals surface area contributed by atoms with Gasteiger partial charge in [-0.25, -0.2) is 9.59 Å². The van der Waals surface area contributed by atoms with E-state index < -0.39 is 11.9 Å². The summed E-state index contributed by atoms with van der Waals surface area (Å²) in [6, 6.07) is 12.7. The molecule has 2 aromatic carbocycles. The number of aromatic hydroxyl groups is 1. The molecule has 24 heavy (non-hydrogen) atoms. The summed E-state index contributed by atoms with van der Waals surface area (Å²) in [4.78, 5) is 24.1. The van der Waals surface area contributed by atoms with Crippen LogP contribution in [-0.2, 0) is 16.1 Å². The van der Waals surface area contributed by atoms with Gasteiger partial charge in [0.2, 0.25) is 0 Å². The lowest BCUT2D eigenvalue weighted by Gasteiger charge is -2.10. The second kappa shape index (κ2) is 8.72. The second-order valence-electron chi connectivity index (χ2n) is 5.27. The Morgan fingerprint density at radius 2 is 1.67 bits per heavy atom. The number of rotatable bonds is 7. The zero-order chi connectivity index (χ0) is 17.4. The number of carbonyl (C=O) groups is 2. The highest BCUT2D eigenvalue weighted by Gasteiger charge is 2.14. The van der Waals surface area contributed by atoms with Crippen LogP contribution in [0.15, 0.2) is 48.5 Å². The van der Waals surface area contributed by atoms with E-state index in [4.69, 9.17) is 9.47 Å². The lowest BCUT2D eigenvalue weighted by Crippen LogP contribution is -2.12. The number of esters is 2. The maximum absolute atomic E-state index is 12.1. The molecule has 2 aromatic rings. The number of unbranched alkanes of at least 4 members (excludes halogenated alkanes) is 1. The molecule has 0 aromatic heterocycles. The Morgan fingerprint density at radius 1 is 0.958 bits per heavy atom. The first-order valence-electron chi connectivity index (χ1n) is 7.83. The lowest BCUT2D eigenvalue weighted by molar-refractivity contribution is 0.0442. The molecule has 0 saturated heterocycles. The van der Waals surface area contributed by atoms with Gasteiger partial charge in [-0.1, -0.05) is 31.5 Å². The van der Waals surface area contributed by atoms with E-state index in [-0.39, 0.29) is 12.4 Å². The smallest absolute Gasteiger partial charge is 0.338 e. The number of hydrogen-bond acceptors (Lipinski definition) is 5. The van der Waals surface area contributed by atoms with Crippen LogP contribution in [-0.4, -0.2) is 23.7 Å². The van der Waals surface area contributed by atoms with Gasteiger partial charge >= 0.3 is 11.9 Å². The van der Waals surface area contributed by atoms with Crippen molar-refractivity contribution in [3.8, 4) is 5.75 Å². The molecule has 0 fully saturated rings. The largest absolute Gasteiger partial charge is 0.508 e. The van der Waals surface area contributed by atoms with E-state index in [9.17, 15) is 14.7 Å². The third-order valence-corrected chi connectivity index (χ3v) is 3.43. The summed E-state index contributed by atoms with van der Waals surface area (Å²) < 4.78 is 10.4. The van der Waals surface area contributed by atoms with Crippen molar-refractivity contribution in [2.45, 2.75) is 26.4 Å². The van der Waals surface area contributed by atoms with E-state index in [0.717, 1.165) is 12.8 Å². The van der Waals surface area contributed by atoms with Crippen LogP contribution >= 0.6 is 0 Å². The van der Waals surface area contributed by atoms with Crippen LogP contribution in [0.4, 0.5) is 0 Å². The molecule has 0 radical (unpaired) electrons. The third-order valence-electron chi connectivity index (χ3n) is 3.43. The number of phenols is 1. The maximum atomic E-state index is 12.1. The molecule has 0 bridgehead atoms. The van der Waals surface area contributed by atoms with Crippen LogP contribution < -0.4 is 0 Å². The Morgan fingerprint density at radius 3 is 2.38 bits per heavy atom. The monoisotopic (exact) mass is 328 g/mol. The molecule has 126 valence electrons.